The Labute approximate surface area is 143 Å². The van der Waals surface area contributed by atoms with Gasteiger partial charge >= 0.3 is 0 Å². The van der Waals surface area contributed by atoms with E-state index in [1.165, 1.54) is 17.7 Å². The highest BCUT2D eigenvalue weighted by molar-refractivity contribution is 7.86. The van der Waals surface area contributed by atoms with Crippen molar-refractivity contribution in [3.63, 3.8) is 0 Å². The number of rotatable bonds is 4. The van der Waals surface area contributed by atoms with Crippen LogP contribution in [-0.2, 0) is 14.3 Å². The molecule has 2 aromatic carbocycles. The average Bonchev–Trinajstić information content (AvgIpc) is 2.58. The van der Waals surface area contributed by atoms with E-state index in [1.807, 2.05) is 18.2 Å². The van der Waals surface area contributed by atoms with Gasteiger partial charge in [-0.25, -0.2) is 0 Å². The van der Waals surface area contributed by atoms with Gasteiger partial charge in [-0.15, -0.1) is 0 Å². The molecule has 1 aliphatic rings. The molecule has 4 nitrogen and oxygen atoms in total. The molecule has 5 heteroatoms. The van der Waals surface area contributed by atoms with Gasteiger partial charge in [0, 0.05) is 6.07 Å². The Bertz CT molecular complexity index is 791. The summed E-state index contributed by atoms with van der Waals surface area (Å²) in [5.41, 5.74) is 1.88. The van der Waals surface area contributed by atoms with Crippen LogP contribution in [0.4, 0.5) is 0 Å². The Kier molecular flexibility index (Phi) is 4.92. The molecule has 0 spiro atoms. The minimum Gasteiger partial charge on any atom is -0.508 e. The summed E-state index contributed by atoms with van der Waals surface area (Å²) in [6.45, 7) is 1.70. The average molecular weight is 346 g/mol. The number of hydrogen-bond acceptors (Lipinski definition) is 4. The molecule has 1 N–H and O–H groups in total. The zero-order valence-electron chi connectivity index (χ0n) is 13.7. The van der Waals surface area contributed by atoms with Crippen LogP contribution in [0.3, 0.4) is 0 Å². The zero-order valence-corrected chi connectivity index (χ0v) is 14.5. The third-order valence-electron chi connectivity index (χ3n) is 4.65. The quantitative estimate of drug-likeness (QED) is 0.846. The molecule has 0 aromatic heterocycles. The number of phenols is 1. The van der Waals surface area contributed by atoms with Crippen molar-refractivity contribution < 1.29 is 17.7 Å². The number of aryl methyl sites for hydroxylation is 1. The lowest BCUT2D eigenvalue weighted by atomic mass is 9.83. The first-order valence-electron chi connectivity index (χ1n) is 8.23. The van der Waals surface area contributed by atoms with E-state index < -0.39 is 10.1 Å². The summed E-state index contributed by atoms with van der Waals surface area (Å²) in [7, 11) is -3.86. The monoisotopic (exact) mass is 346 g/mol. The Balaban J connectivity index is 1.66. The molecule has 0 radical (unpaired) electrons. The van der Waals surface area contributed by atoms with Gasteiger partial charge in [0.05, 0.1) is 6.10 Å². The number of aromatic hydroxyl groups is 1. The molecule has 1 saturated carbocycles. The van der Waals surface area contributed by atoms with Crippen molar-refractivity contribution in [1.82, 2.24) is 0 Å². The Morgan fingerprint density at radius 3 is 2.33 bits per heavy atom. The topological polar surface area (TPSA) is 63.6 Å². The second kappa shape index (κ2) is 6.95. The lowest BCUT2D eigenvalue weighted by Gasteiger charge is -2.28. The van der Waals surface area contributed by atoms with Gasteiger partial charge in [0.2, 0.25) is 0 Å². The van der Waals surface area contributed by atoms with E-state index in [0.717, 1.165) is 25.7 Å². The molecule has 0 atom stereocenters. The summed E-state index contributed by atoms with van der Waals surface area (Å²) in [4.78, 5) is 0.0488. The fourth-order valence-electron chi connectivity index (χ4n) is 3.31. The summed E-state index contributed by atoms with van der Waals surface area (Å²) in [5, 5.41) is 9.55. The summed E-state index contributed by atoms with van der Waals surface area (Å²) >= 11 is 0. The van der Waals surface area contributed by atoms with Crippen molar-refractivity contribution in [3.05, 3.63) is 59.7 Å². The molecule has 0 heterocycles. The SMILES string of the molecule is Cc1ccc(O)cc1S(=O)(=O)O[C@H]1CC[C@H](c2ccccc2)CC1. The molecule has 1 aliphatic carbocycles. The van der Waals surface area contributed by atoms with E-state index in [2.05, 4.69) is 12.1 Å². The van der Waals surface area contributed by atoms with Crippen LogP contribution in [0.2, 0.25) is 0 Å². The van der Waals surface area contributed by atoms with Crippen LogP contribution >= 0.6 is 0 Å². The van der Waals surface area contributed by atoms with Gasteiger partial charge in [0.25, 0.3) is 10.1 Å². The summed E-state index contributed by atoms with van der Waals surface area (Å²) in [6.07, 6.45) is 2.98. The van der Waals surface area contributed by atoms with Crippen molar-refractivity contribution in [2.24, 2.45) is 0 Å². The first kappa shape index (κ1) is 17.0. The van der Waals surface area contributed by atoms with Gasteiger partial charge in [0.15, 0.2) is 0 Å². The third-order valence-corrected chi connectivity index (χ3v) is 6.15. The minimum absolute atomic E-state index is 0.0488. The van der Waals surface area contributed by atoms with Crippen LogP contribution in [0.25, 0.3) is 0 Å². The minimum atomic E-state index is -3.86. The first-order valence-corrected chi connectivity index (χ1v) is 9.64. The fraction of sp³-hybridized carbons (Fsp3) is 0.368. The van der Waals surface area contributed by atoms with Gasteiger partial charge in [-0.1, -0.05) is 36.4 Å². The molecule has 3 rings (SSSR count). The van der Waals surface area contributed by atoms with E-state index >= 15 is 0 Å². The van der Waals surface area contributed by atoms with Crippen LogP contribution in [0.15, 0.2) is 53.4 Å². The third kappa shape index (κ3) is 3.79. The number of phenolic OH excluding ortho intramolecular Hbond substituents is 1. The molecule has 1 fully saturated rings. The molecule has 24 heavy (non-hydrogen) atoms. The predicted octanol–water partition coefficient (Wildman–Crippen LogP) is 4.13. The smallest absolute Gasteiger partial charge is 0.297 e. The van der Waals surface area contributed by atoms with Crippen molar-refractivity contribution >= 4 is 10.1 Å². The second-order valence-electron chi connectivity index (χ2n) is 6.38. The van der Waals surface area contributed by atoms with Crippen molar-refractivity contribution in [2.75, 3.05) is 0 Å². The highest BCUT2D eigenvalue weighted by atomic mass is 32.2. The molecular weight excluding hydrogens is 324 g/mol. The molecule has 0 bridgehead atoms. The van der Waals surface area contributed by atoms with E-state index in [1.54, 1.807) is 13.0 Å². The van der Waals surface area contributed by atoms with Crippen LogP contribution in [-0.4, -0.2) is 19.6 Å². The van der Waals surface area contributed by atoms with Gasteiger partial charge in [-0.2, -0.15) is 8.42 Å². The van der Waals surface area contributed by atoms with Gasteiger partial charge < -0.3 is 5.11 Å². The van der Waals surface area contributed by atoms with Crippen molar-refractivity contribution in [2.45, 2.75) is 49.5 Å². The maximum Gasteiger partial charge on any atom is 0.297 e. The lowest BCUT2D eigenvalue weighted by molar-refractivity contribution is 0.153. The van der Waals surface area contributed by atoms with Crippen LogP contribution in [0.5, 0.6) is 5.75 Å². The molecular formula is C19H22O4S. The van der Waals surface area contributed by atoms with Crippen molar-refractivity contribution in [3.8, 4) is 5.75 Å². The highest BCUT2D eigenvalue weighted by Gasteiger charge is 2.28. The molecule has 0 aliphatic heterocycles. The highest BCUT2D eigenvalue weighted by Crippen LogP contribution is 2.35. The zero-order chi connectivity index (χ0) is 17.2. The standard InChI is InChI=1S/C19H22O4S/c1-14-7-10-17(20)13-19(14)24(21,22)23-18-11-8-16(9-12-18)15-5-3-2-4-6-15/h2-7,10,13,16,18,20H,8-9,11-12H2,1H3/t16-,18-. The molecule has 128 valence electrons. The van der Waals surface area contributed by atoms with Crippen LogP contribution in [0.1, 0.15) is 42.7 Å². The van der Waals surface area contributed by atoms with E-state index in [-0.39, 0.29) is 16.7 Å². The maximum atomic E-state index is 12.5. The van der Waals surface area contributed by atoms with Gasteiger partial charge in [-0.05, 0) is 55.7 Å². The van der Waals surface area contributed by atoms with E-state index in [9.17, 15) is 13.5 Å². The molecule has 2 aromatic rings. The molecule has 0 saturated heterocycles. The van der Waals surface area contributed by atoms with Gasteiger partial charge in [0.1, 0.15) is 10.6 Å². The summed E-state index contributed by atoms with van der Waals surface area (Å²) in [5.74, 6) is 0.395. The molecule has 0 unspecified atom stereocenters. The number of hydrogen-bond donors (Lipinski definition) is 1. The second-order valence-corrected chi connectivity index (χ2v) is 7.92. The molecule has 0 amide bonds. The Morgan fingerprint density at radius 2 is 1.67 bits per heavy atom. The van der Waals surface area contributed by atoms with Crippen molar-refractivity contribution in [1.29, 1.82) is 0 Å². The normalized spacial score (nSPS) is 21.5. The predicted molar refractivity (Wildman–Crippen MR) is 92.6 cm³/mol. The number of benzene rings is 2. The summed E-state index contributed by atoms with van der Waals surface area (Å²) in [6, 6.07) is 14.6. The fourth-order valence-corrected chi connectivity index (χ4v) is 4.69. The lowest BCUT2D eigenvalue weighted by Crippen LogP contribution is -2.24. The Morgan fingerprint density at radius 1 is 1.00 bits per heavy atom. The summed E-state index contributed by atoms with van der Waals surface area (Å²) < 4.78 is 30.4. The van der Waals surface area contributed by atoms with Crippen LogP contribution < -0.4 is 0 Å². The maximum absolute atomic E-state index is 12.5. The Hall–Kier alpha value is -1.85. The van der Waals surface area contributed by atoms with Crippen LogP contribution in [0, 0.1) is 6.92 Å². The largest absolute Gasteiger partial charge is 0.508 e. The van der Waals surface area contributed by atoms with E-state index in [0.29, 0.717) is 11.5 Å². The first-order chi connectivity index (χ1) is 11.5. The van der Waals surface area contributed by atoms with E-state index in [4.69, 9.17) is 4.18 Å². The van der Waals surface area contributed by atoms with Gasteiger partial charge in [-0.3, -0.25) is 4.18 Å².